The van der Waals surface area contributed by atoms with Crippen LogP contribution in [0.1, 0.15) is 51.4 Å². The first-order valence-corrected chi connectivity index (χ1v) is 6.52. The maximum atomic E-state index is 10.1. The predicted molar refractivity (Wildman–Crippen MR) is 59.5 cm³/mol. The van der Waals surface area contributed by atoms with E-state index in [1.54, 1.807) is 0 Å². The molecule has 15 heavy (non-hydrogen) atoms. The van der Waals surface area contributed by atoms with Gasteiger partial charge in [-0.05, 0) is 32.1 Å². The smallest absolute Gasteiger partial charge is 0.123 e. The van der Waals surface area contributed by atoms with Crippen molar-refractivity contribution in [3.8, 4) is 0 Å². The van der Waals surface area contributed by atoms with E-state index in [4.69, 9.17) is 0 Å². The second kappa shape index (κ2) is 3.72. The lowest BCUT2D eigenvalue weighted by atomic mass is 9.72. The summed E-state index contributed by atoms with van der Waals surface area (Å²) >= 11 is 0. The Labute approximate surface area is 91.6 Å². The monoisotopic (exact) mass is 210 g/mol. The van der Waals surface area contributed by atoms with E-state index in [1.807, 2.05) is 0 Å². The molecule has 3 atom stereocenters. The Kier molecular flexibility index (Phi) is 2.49. The van der Waals surface area contributed by atoms with Gasteiger partial charge < -0.3 is 10.4 Å². The van der Waals surface area contributed by atoms with Crippen molar-refractivity contribution in [1.82, 2.24) is 10.6 Å². The Hall–Kier alpha value is -0.120. The summed E-state index contributed by atoms with van der Waals surface area (Å²) in [4.78, 5) is 0. The van der Waals surface area contributed by atoms with Crippen molar-refractivity contribution >= 4 is 0 Å². The van der Waals surface area contributed by atoms with E-state index in [1.165, 1.54) is 38.5 Å². The van der Waals surface area contributed by atoms with E-state index in [0.29, 0.717) is 12.1 Å². The molecule has 1 unspecified atom stereocenters. The molecule has 1 heterocycles. The van der Waals surface area contributed by atoms with Crippen molar-refractivity contribution in [1.29, 1.82) is 0 Å². The zero-order valence-electron chi connectivity index (χ0n) is 9.34. The van der Waals surface area contributed by atoms with Crippen LogP contribution < -0.4 is 10.6 Å². The molecule has 0 aromatic heterocycles. The van der Waals surface area contributed by atoms with Gasteiger partial charge in [0.05, 0.1) is 5.54 Å². The quantitative estimate of drug-likeness (QED) is 0.561. The van der Waals surface area contributed by atoms with Crippen LogP contribution in [0.5, 0.6) is 0 Å². The summed E-state index contributed by atoms with van der Waals surface area (Å²) in [6.07, 6.45) is 9.77. The van der Waals surface area contributed by atoms with Gasteiger partial charge in [-0.25, -0.2) is 0 Å². The topological polar surface area (TPSA) is 44.3 Å². The maximum absolute atomic E-state index is 10.1. The molecule has 2 aliphatic carbocycles. The fourth-order valence-corrected chi connectivity index (χ4v) is 3.47. The maximum Gasteiger partial charge on any atom is 0.123 e. The van der Waals surface area contributed by atoms with E-state index in [-0.39, 0.29) is 11.8 Å². The van der Waals surface area contributed by atoms with Gasteiger partial charge in [-0.2, -0.15) is 0 Å². The second-order valence-corrected chi connectivity index (χ2v) is 5.57. The third-order valence-corrected chi connectivity index (χ3v) is 4.63. The van der Waals surface area contributed by atoms with Crippen LogP contribution in [0.4, 0.5) is 0 Å². The minimum Gasteiger partial charge on any atom is -0.377 e. The first-order chi connectivity index (χ1) is 7.30. The van der Waals surface area contributed by atoms with Crippen LogP contribution in [0.25, 0.3) is 0 Å². The highest BCUT2D eigenvalue weighted by atomic mass is 16.3. The van der Waals surface area contributed by atoms with Crippen LogP contribution in [-0.4, -0.2) is 29.0 Å². The summed E-state index contributed by atoms with van der Waals surface area (Å²) in [7, 11) is 0. The number of hydrogen-bond acceptors (Lipinski definition) is 3. The number of fused-ring (bicyclic) bond motifs is 1. The molecule has 1 saturated heterocycles. The first-order valence-electron chi connectivity index (χ1n) is 6.52. The van der Waals surface area contributed by atoms with Crippen molar-refractivity contribution in [3.63, 3.8) is 0 Å². The van der Waals surface area contributed by atoms with E-state index in [2.05, 4.69) is 10.6 Å². The van der Waals surface area contributed by atoms with Crippen molar-refractivity contribution in [3.05, 3.63) is 0 Å². The van der Waals surface area contributed by atoms with Crippen LogP contribution in [0.2, 0.25) is 0 Å². The molecule has 1 aliphatic heterocycles. The standard InChI is InChI=1S/C12H22N2O/c15-11-12(7-4-8-12)14-10-6-3-1-2-5-9(10)13-11/h9-11,13-15H,1-8H2/t9-,10+,11?/m1/s1. The van der Waals surface area contributed by atoms with E-state index >= 15 is 0 Å². The summed E-state index contributed by atoms with van der Waals surface area (Å²) in [5.41, 5.74) is 0.0332. The number of piperazine rings is 1. The lowest BCUT2D eigenvalue weighted by Gasteiger charge is -2.54. The molecule has 3 nitrogen and oxygen atoms in total. The Bertz CT molecular complexity index is 240. The Morgan fingerprint density at radius 1 is 0.933 bits per heavy atom. The number of nitrogens with one attached hydrogen (secondary N) is 2. The summed E-state index contributed by atoms with van der Waals surface area (Å²) in [5, 5.41) is 17.3. The van der Waals surface area contributed by atoms with Gasteiger partial charge in [-0.1, -0.05) is 19.3 Å². The van der Waals surface area contributed by atoms with Gasteiger partial charge in [0.2, 0.25) is 0 Å². The summed E-state index contributed by atoms with van der Waals surface area (Å²) in [6.45, 7) is 0. The van der Waals surface area contributed by atoms with Gasteiger partial charge in [0.1, 0.15) is 6.23 Å². The average molecular weight is 210 g/mol. The highest BCUT2D eigenvalue weighted by Crippen LogP contribution is 2.38. The van der Waals surface area contributed by atoms with Crippen LogP contribution in [0.15, 0.2) is 0 Å². The van der Waals surface area contributed by atoms with Gasteiger partial charge in [0.15, 0.2) is 0 Å². The molecular weight excluding hydrogens is 188 g/mol. The lowest BCUT2D eigenvalue weighted by Crippen LogP contribution is -2.75. The fourth-order valence-electron chi connectivity index (χ4n) is 3.47. The van der Waals surface area contributed by atoms with Crippen LogP contribution >= 0.6 is 0 Å². The molecule has 0 radical (unpaired) electrons. The van der Waals surface area contributed by atoms with Gasteiger partial charge in [-0.3, -0.25) is 5.32 Å². The van der Waals surface area contributed by atoms with Gasteiger partial charge >= 0.3 is 0 Å². The molecule has 3 rings (SSSR count). The molecule has 3 heteroatoms. The summed E-state index contributed by atoms with van der Waals surface area (Å²) in [6, 6.07) is 1.12. The van der Waals surface area contributed by atoms with E-state index in [0.717, 1.165) is 12.8 Å². The fraction of sp³-hybridized carbons (Fsp3) is 1.00. The highest BCUT2D eigenvalue weighted by molar-refractivity contribution is 5.08. The zero-order valence-corrected chi connectivity index (χ0v) is 9.34. The highest BCUT2D eigenvalue weighted by Gasteiger charge is 2.49. The number of rotatable bonds is 0. The molecule has 3 fully saturated rings. The molecule has 3 aliphatic rings. The first kappa shape index (κ1) is 10.1. The van der Waals surface area contributed by atoms with Gasteiger partial charge in [-0.15, -0.1) is 0 Å². The number of aliphatic hydroxyl groups excluding tert-OH is 1. The molecule has 0 amide bonds. The molecule has 86 valence electrons. The summed E-state index contributed by atoms with van der Waals surface area (Å²) in [5.74, 6) is 0. The predicted octanol–water partition coefficient (Wildman–Crippen LogP) is 1.12. The van der Waals surface area contributed by atoms with Crippen molar-refractivity contribution < 1.29 is 5.11 Å². The summed E-state index contributed by atoms with van der Waals surface area (Å²) < 4.78 is 0. The average Bonchev–Trinajstić information content (AvgIpc) is 2.38. The van der Waals surface area contributed by atoms with Crippen molar-refractivity contribution in [2.24, 2.45) is 0 Å². The minimum atomic E-state index is -0.314. The number of aliphatic hydroxyl groups is 1. The Balaban J connectivity index is 1.74. The lowest BCUT2D eigenvalue weighted by molar-refractivity contribution is -0.0625. The second-order valence-electron chi connectivity index (χ2n) is 5.57. The largest absolute Gasteiger partial charge is 0.377 e. The Morgan fingerprint density at radius 2 is 1.67 bits per heavy atom. The van der Waals surface area contributed by atoms with Crippen LogP contribution in [-0.2, 0) is 0 Å². The molecule has 2 saturated carbocycles. The van der Waals surface area contributed by atoms with Gasteiger partial charge in [0, 0.05) is 12.1 Å². The molecule has 0 aromatic rings. The van der Waals surface area contributed by atoms with E-state index in [9.17, 15) is 5.11 Å². The number of hydrogen-bond donors (Lipinski definition) is 3. The molecule has 0 bridgehead atoms. The van der Waals surface area contributed by atoms with Crippen LogP contribution in [0, 0.1) is 0 Å². The van der Waals surface area contributed by atoms with Crippen molar-refractivity contribution in [2.45, 2.75) is 75.2 Å². The normalized spacial score (nSPS) is 44.2. The molecule has 3 N–H and O–H groups in total. The third kappa shape index (κ3) is 1.61. The van der Waals surface area contributed by atoms with E-state index < -0.39 is 0 Å². The Morgan fingerprint density at radius 3 is 2.33 bits per heavy atom. The van der Waals surface area contributed by atoms with Crippen LogP contribution in [0.3, 0.4) is 0 Å². The molecular formula is C12H22N2O. The van der Waals surface area contributed by atoms with Gasteiger partial charge in [0.25, 0.3) is 0 Å². The minimum absolute atomic E-state index is 0.0332. The third-order valence-electron chi connectivity index (χ3n) is 4.63. The molecule has 0 aromatic carbocycles. The zero-order chi connectivity index (χ0) is 10.3. The molecule has 1 spiro atoms. The van der Waals surface area contributed by atoms with Crippen molar-refractivity contribution in [2.75, 3.05) is 0 Å². The SMILES string of the molecule is OC1N[C@@H]2CCCCC[C@@H]2NC12CCC2.